The van der Waals surface area contributed by atoms with Crippen LogP contribution in [0.25, 0.3) is 0 Å². The van der Waals surface area contributed by atoms with E-state index in [1.807, 2.05) is 5.48 Å². The van der Waals surface area contributed by atoms with Crippen molar-refractivity contribution in [3.63, 3.8) is 0 Å². The van der Waals surface area contributed by atoms with Crippen LogP contribution in [0.3, 0.4) is 0 Å². The second kappa shape index (κ2) is 21.9. The molecule has 65 heavy (non-hydrogen) atoms. The van der Waals surface area contributed by atoms with Crippen LogP contribution in [-0.4, -0.2) is 152 Å². The number of nitrogens with two attached hydrogens (primary N) is 1. The van der Waals surface area contributed by atoms with Crippen LogP contribution in [-0.2, 0) is 44.0 Å². The van der Waals surface area contributed by atoms with Crippen molar-refractivity contribution in [2.24, 2.45) is 5.16 Å². The molecule has 0 unspecified atom stereocenters. The Morgan fingerprint density at radius 3 is 2.14 bits per heavy atom. The van der Waals surface area contributed by atoms with E-state index in [2.05, 4.69) is 31.4 Å². The number of carbonyl (C=O) groups is 7. The van der Waals surface area contributed by atoms with Crippen molar-refractivity contribution in [2.45, 2.75) is 51.3 Å². The summed E-state index contributed by atoms with van der Waals surface area (Å²) in [5.74, 6) is -8.35. The topological polar surface area (TPSA) is 391 Å². The molecule has 4 rings (SSSR count). The number of hydrogen-bond acceptors (Lipinski definition) is 19. The van der Waals surface area contributed by atoms with Gasteiger partial charge < -0.3 is 57.2 Å². The van der Waals surface area contributed by atoms with Crippen molar-refractivity contribution in [1.29, 1.82) is 0 Å². The number of unbranched alkanes of at least 4 members (excludes halogenated alkanes) is 1. The smallest absolute Gasteiger partial charge is 0.362 e. The van der Waals surface area contributed by atoms with E-state index in [0.717, 1.165) is 22.3 Å². The number of oxime groups is 1. The van der Waals surface area contributed by atoms with Gasteiger partial charge in [-0.1, -0.05) is 17.3 Å². The molecule has 1 aliphatic heterocycles. The number of para-hydroxylation sites is 2. The van der Waals surface area contributed by atoms with Crippen LogP contribution in [0.15, 0.2) is 46.9 Å². The molecule has 2 heterocycles. The number of hydrogen-bond donors (Lipinski definition) is 11. The predicted octanol–water partition coefficient (Wildman–Crippen LogP) is -1.80. The van der Waals surface area contributed by atoms with Crippen molar-refractivity contribution < 1.29 is 76.6 Å². The molecule has 1 aliphatic rings. The Labute approximate surface area is 373 Å². The number of nitrogens with one attached hydrogen (secondary N) is 5. The van der Waals surface area contributed by atoms with Gasteiger partial charge in [0.25, 0.3) is 29.5 Å². The van der Waals surface area contributed by atoms with E-state index < -0.39 is 111 Å². The zero-order chi connectivity index (χ0) is 48.2. The maximum Gasteiger partial charge on any atom is 0.362 e. The Morgan fingerprint density at radius 1 is 0.923 bits per heavy atom. The first kappa shape index (κ1) is 50.3. The number of thiazole rings is 1. The molecule has 1 saturated heterocycles. The maximum atomic E-state index is 13.3. The molecule has 7 amide bonds. The lowest BCUT2D eigenvalue weighted by molar-refractivity contribution is -0.157. The van der Waals surface area contributed by atoms with Crippen LogP contribution < -0.4 is 32.5 Å². The van der Waals surface area contributed by atoms with Crippen LogP contribution in [0.1, 0.15) is 60.0 Å². The van der Waals surface area contributed by atoms with Crippen LogP contribution >= 0.6 is 11.3 Å². The van der Waals surface area contributed by atoms with Crippen LogP contribution in [0.4, 0.5) is 5.13 Å². The lowest BCUT2D eigenvalue weighted by Crippen LogP contribution is -2.71. The number of amides is 7. The fourth-order valence-electron chi connectivity index (χ4n) is 5.66. The van der Waals surface area contributed by atoms with E-state index in [9.17, 15) is 67.0 Å². The second-order valence-electron chi connectivity index (χ2n) is 14.4. The number of aromatic nitrogens is 1. The maximum absolute atomic E-state index is 13.3. The molecule has 26 nitrogen and oxygen atoms in total. The van der Waals surface area contributed by atoms with Gasteiger partial charge in [-0.2, -0.15) is 8.42 Å². The highest BCUT2D eigenvalue weighted by molar-refractivity contribution is 7.84. The number of carbonyl (C=O) groups excluding carboxylic acids is 7. The fourth-order valence-corrected chi connectivity index (χ4v) is 7.09. The van der Waals surface area contributed by atoms with Gasteiger partial charge in [0.15, 0.2) is 40.4 Å². The van der Waals surface area contributed by atoms with E-state index in [-0.39, 0.29) is 58.9 Å². The third kappa shape index (κ3) is 13.4. The standard InChI is InChI=1S/C37H46N10O16S2/c1-19-27(34(57)47(19)65(59,60)61)43-32(55)28(22-18-64-36(38)42-22)44-63-37(2,3)35(58)45-62-17-26(51)40-14-13-39-25(50)16-46(33(56)21-9-7-11-24(49)30(21)53)15-5-4-12-41-31(54)20-8-6-10-23(48)29(20)52/h6-11,18-19,27,48-49,52-53H,4-5,12-17H2,1-3H3,(H2,38,42)(H,39,50)(H,40,51)(H,41,54)(H,43,55)(H,45,58)(H,59,60,61)/b44-28-/t19-,27-/m0/s1. The first-order valence-electron chi connectivity index (χ1n) is 19.2. The summed E-state index contributed by atoms with van der Waals surface area (Å²) in [5, 5.41) is 54.6. The molecular formula is C37H46N10O16S2. The fraction of sp³-hybridized carbons (Fsp3) is 0.378. The third-order valence-electron chi connectivity index (χ3n) is 9.17. The molecule has 0 spiro atoms. The molecule has 12 N–H and O–H groups in total. The minimum atomic E-state index is -4.88. The molecule has 0 bridgehead atoms. The van der Waals surface area contributed by atoms with Gasteiger partial charge in [0.2, 0.25) is 17.4 Å². The molecule has 1 aromatic heterocycles. The summed E-state index contributed by atoms with van der Waals surface area (Å²) in [6, 6.07) is 5.11. The number of aromatic hydroxyl groups is 4. The number of phenols is 4. The predicted molar refractivity (Wildman–Crippen MR) is 225 cm³/mol. The third-order valence-corrected chi connectivity index (χ3v) is 10.8. The lowest BCUT2D eigenvalue weighted by atomic mass is 10.0. The monoisotopic (exact) mass is 950 g/mol. The highest BCUT2D eigenvalue weighted by Gasteiger charge is 2.51. The van der Waals surface area contributed by atoms with Crippen molar-refractivity contribution in [1.82, 2.24) is 40.9 Å². The van der Waals surface area contributed by atoms with Crippen LogP contribution in [0.2, 0.25) is 0 Å². The molecule has 2 aromatic carbocycles. The molecule has 2 atom stereocenters. The molecule has 1 fully saturated rings. The SMILES string of the molecule is C[C@H]1[C@H](NC(=O)/C(=N\OC(C)(C)C(=O)NOCC(=O)NCCNC(=O)CN(CCCCNC(=O)c2cccc(O)c2O)C(=O)c2cccc(O)c2O)c2csc(N)n2)C(=O)N1S(=O)(=O)O. The molecule has 0 radical (unpaired) electrons. The number of benzene rings is 2. The minimum absolute atomic E-state index is 0.0176. The average Bonchev–Trinajstić information content (AvgIpc) is 3.67. The first-order valence-corrected chi connectivity index (χ1v) is 21.4. The largest absolute Gasteiger partial charge is 0.504 e. The molecule has 0 saturated carbocycles. The van der Waals surface area contributed by atoms with Crippen molar-refractivity contribution in [3.8, 4) is 23.0 Å². The summed E-state index contributed by atoms with van der Waals surface area (Å²) in [6.07, 6.45) is 0.549. The summed E-state index contributed by atoms with van der Waals surface area (Å²) >= 11 is 0.919. The van der Waals surface area contributed by atoms with Gasteiger partial charge >= 0.3 is 10.3 Å². The number of nitrogens with zero attached hydrogens (tertiary/aromatic N) is 4. The van der Waals surface area contributed by atoms with Crippen LogP contribution in [0, 0.1) is 0 Å². The number of phenolic OH excluding ortho intramolecular Hbond substituents is 4. The molecule has 28 heteroatoms. The van der Waals surface area contributed by atoms with Gasteiger partial charge in [-0.3, -0.25) is 43.0 Å². The Morgan fingerprint density at radius 2 is 1.54 bits per heavy atom. The quantitative estimate of drug-likeness (QED) is 0.0132. The van der Waals surface area contributed by atoms with E-state index >= 15 is 0 Å². The lowest BCUT2D eigenvalue weighted by Gasteiger charge is -2.42. The van der Waals surface area contributed by atoms with Crippen molar-refractivity contribution in [2.75, 3.05) is 45.1 Å². The summed E-state index contributed by atoms with van der Waals surface area (Å²) in [7, 11) is -4.88. The van der Waals surface area contributed by atoms with Gasteiger partial charge in [0.1, 0.15) is 11.7 Å². The van der Waals surface area contributed by atoms with Gasteiger partial charge in [-0.25, -0.2) is 14.8 Å². The van der Waals surface area contributed by atoms with Crippen LogP contribution in [0.5, 0.6) is 23.0 Å². The van der Waals surface area contributed by atoms with E-state index in [1.54, 1.807) is 0 Å². The summed E-state index contributed by atoms with van der Waals surface area (Å²) in [5.41, 5.74) is 4.69. The molecular weight excluding hydrogens is 905 g/mol. The van der Waals surface area contributed by atoms with Gasteiger partial charge in [0, 0.05) is 31.6 Å². The number of rotatable bonds is 22. The Hall–Kier alpha value is -7.30. The Bertz CT molecular complexity index is 2450. The van der Waals surface area contributed by atoms with E-state index in [0.29, 0.717) is 6.42 Å². The number of β-lactam (4-membered cyclic amide) rings is 1. The number of nitrogen functional groups attached to an aromatic ring is 1. The zero-order valence-electron chi connectivity index (χ0n) is 34.8. The summed E-state index contributed by atoms with van der Waals surface area (Å²) in [4.78, 5) is 105. The average molecular weight is 951 g/mol. The van der Waals surface area contributed by atoms with Gasteiger partial charge in [-0.15, -0.1) is 11.3 Å². The van der Waals surface area contributed by atoms with Crippen molar-refractivity contribution in [3.05, 3.63) is 58.6 Å². The Kier molecular flexibility index (Phi) is 16.9. The van der Waals surface area contributed by atoms with Gasteiger partial charge in [-0.05, 0) is 57.9 Å². The molecule has 3 aromatic rings. The number of hydroxylamine groups is 1. The Balaban J connectivity index is 1.22. The molecule has 0 aliphatic carbocycles. The van der Waals surface area contributed by atoms with Crippen molar-refractivity contribution >= 4 is 73.8 Å². The number of anilines is 1. The highest BCUT2D eigenvalue weighted by atomic mass is 32.2. The first-order chi connectivity index (χ1) is 30.5. The zero-order valence-corrected chi connectivity index (χ0v) is 36.4. The minimum Gasteiger partial charge on any atom is -0.504 e. The summed E-state index contributed by atoms with van der Waals surface area (Å²) < 4.78 is 32.3. The van der Waals surface area contributed by atoms with E-state index in [1.165, 1.54) is 56.5 Å². The second-order valence-corrected chi connectivity index (χ2v) is 16.6. The van der Waals surface area contributed by atoms with E-state index in [4.69, 9.17) is 15.4 Å². The highest BCUT2D eigenvalue weighted by Crippen LogP contribution is 2.30. The summed E-state index contributed by atoms with van der Waals surface area (Å²) in [6.45, 7) is 2.26. The van der Waals surface area contributed by atoms with Gasteiger partial charge in [0.05, 0.1) is 23.7 Å². The normalized spacial score (nSPS) is 15.0. The molecule has 352 valence electrons.